The molecule has 0 radical (unpaired) electrons. The summed E-state index contributed by atoms with van der Waals surface area (Å²) in [7, 11) is 0. The van der Waals surface area contributed by atoms with Gasteiger partial charge in [-0.3, -0.25) is 9.59 Å². The molecule has 0 bridgehead atoms. The average molecular weight is 245 g/mol. The van der Waals surface area contributed by atoms with Crippen molar-refractivity contribution in [3.8, 4) is 0 Å². The lowest BCUT2D eigenvalue weighted by molar-refractivity contribution is -0.151. The molecule has 2 unspecified atom stereocenters. The van der Waals surface area contributed by atoms with Crippen molar-refractivity contribution in [2.75, 3.05) is 0 Å². The summed E-state index contributed by atoms with van der Waals surface area (Å²) in [6.45, 7) is 1.11. The molecule has 4 N–H and O–H groups in total. The minimum absolute atomic E-state index is 0.514. The molecule has 0 spiro atoms. The maximum atomic E-state index is 11.1. The number of carbonyl (C=O) groups excluding carboxylic acids is 1. The fourth-order valence-electron chi connectivity index (χ4n) is 0.892. The molecule has 0 fully saturated rings. The maximum Gasteiger partial charge on any atom is 0.328 e. The number of hydrogen-bond donors (Lipinski definition) is 4. The zero-order valence-electron chi connectivity index (χ0n) is 8.78. The van der Waals surface area contributed by atoms with Gasteiger partial charge in [0.1, 0.15) is 6.04 Å². The minimum atomic E-state index is -1.63. The van der Waals surface area contributed by atoms with Crippen LogP contribution < -0.4 is 5.32 Å². The summed E-state index contributed by atoms with van der Waals surface area (Å²) < 4.78 is 0. The Balaban J connectivity index is 4.67. The second-order valence-electron chi connectivity index (χ2n) is 3.12. The fraction of sp³-hybridized carbons (Fsp3) is 0.333. The highest BCUT2D eigenvalue weighted by Crippen LogP contribution is 2.03. The van der Waals surface area contributed by atoms with Gasteiger partial charge in [-0.1, -0.05) is 0 Å². The van der Waals surface area contributed by atoms with E-state index in [1.165, 1.54) is 0 Å². The smallest absolute Gasteiger partial charge is 0.328 e. The van der Waals surface area contributed by atoms with Gasteiger partial charge in [0.05, 0.1) is 5.92 Å². The zero-order valence-corrected chi connectivity index (χ0v) is 8.78. The number of carboxylic acids is 3. The van der Waals surface area contributed by atoms with E-state index in [9.17, 15) is 19.2 Å². The summed E-state index contributed by atoms with van der Waals surface area (Å²) in [5, 5.41) is 27.4. The number of amides is 1. The van der Waals surface area contributed by atoms with Gasteiger partial charge >= 0.3 is 17.9 Å². The van der Waals surface area contributed by atoms with Crippen molar-refractivity contribution in [3.05, 3.63) is 12.2 Å². The van der Waals surface area contributed by atoms with Gasteiger partial charge in [0.2, 0.25) is 5.91 Å². The first-order chi connectivity index (χ1) is 7.75. The molecular weight excluding hydrogens is 234 g/mol. The molecule has 0 rings (SSSR count). The van der Waals surface area contributed by atoms with Crippen LogP contribution in [0.1, 0.15) is 6.92 Å². The van der Waals surface area contributed by atoms with Gasteiger partial charge < -0.3 is 20.6 Å². The van der Waals surface area contributed by atoms with Crippen molar-refractivity contribution in [2.24, 2.45) is 5.92 Å². The lowest BCUT2D eigenvalue weighted by Gasteiger charge is -2.16. The van der Waals surface area contributed by atoms with Gasteiger partial charge in [0.25, 0.3) is 0 Å². The summed E-state index contributed by atoms with van der Waals surface area (Å²) in [6.07, 6.45) is 1.12. The normalized spacial score (nSPS) is 13.9. The first-order valence-electron chi connectivity index (χ1n) is 4.42. The van der Waals surface area contributed by atoms with E-state index in [1.54, 1.807) is 0 Å². The van der Waals surface area contributed by atoms with Gasteiger partial charge in [0, 0.05) is 12.2 Å². The molecule has 0 aliphatic rings. The second-order valence-corrected chi connectivity index (χ2v) is 3.12. The van der Waals surface area contributed by atoms with Gasteiger partial charge in [-0.15, -0.1) is 0 Å². The number of carbonyl (C=O) groups is 4. The third kappa shape index (κ3) is 5.30. The highest BCUT2D eigenvalue weighted by molar-refractivity contribution is 5.96. The van der Waals surface area contributed by atoms with Crippen molar-refractivity contribution in [3.63, 3.8) is 0 Å². The molecule has 0 saturated carbocycles. The van der Waals surface area contributed by atoms with Crippen LogP contribution in [0, 0.1) is 5.92 Å². The summed E-state index contributed by atoms with van der Waals surface area (Å²) >= 11 is 0. The van der Waals surface area contributed by atoms with Crippen molar-refractivity contribution in [2.45, 2.75) is 13.0 Å². The Morgan fingerprint density at radius 2 is 1.53 bits per heavy atom. The number of nitrogens with one attached hydrogen (secondary N) is 1. The Labute approximate surface area is 95.5 Å². The SMILES string of the molecule is CC(C(=O)O)C(NC(=O)C=CC(=O)O)C(=O)O. The molecule has 0 aromatic rings. The van der Waals surface area contributed by atoms with E-state index in [1.807, 2.05) is 5.32 Å². The topological polar surface area (TPSA) is 141 Å². The van der Waals surface area contributed by atoms with Crippen LogP contribution in [-0.2, 0) is 19.2 Å². The molecule has 8 nitrogen and oxygen atoms in total. The van der Waals surface area contributed by atoms with Crippen LogP contribution in [-0.4, -0.2) is 45.2 Å². The second kappa shape index (κ2) is 6.26. The van der Waals surface area contributed by atoms with Crippen LogP contribution in [0.25, 0.3) is 0 Å². The minimum Gasteiger partial charge on any atom is -0.481 e. The number of carboxylic acid groups (broad SMARTS) is 3. The van der Waals surface area contributed by atoms with Gasteiger partial charge in [-0.2, -0.15) is 0 Å². The molecular formula is C9H11NO7. The van der Waals surface area contributed by atoms with Gasteiger partial charge in [0.15, 0.2) is 0 Å². The summed E-state index contributed by atoms with van der Waals surface area (Å²) in [4.78, 5) is 42.4. The third-order valence-electron chi connectivity index (χ3n) is 1.83. The Hall–Kier alpha value is -2.38. The van der Waals surface area contributed by atoms with E-state index in [0.29, 0.717) is 12.2 Å². The average Bonchev–Trinajstić information content (AvgIpc) is 2.21. The largest absolute Gasteiger partial charge is 0.481 e. The van der Waals surface area contributed by atoms with Crippen LogP contribution in [0.3, 0.4) is 0 Å². The molecule has 1 amide bonds. The van der Waals surface area contributed by atoms with Crippen LogP contribution in [0.15, 0.2) is 12.2 Å². The van der Waals surface area contributed by atoms with E-state index in [-0.39, 0.29) is 0 Å². The van der Waals surface area contributed by atoms with E-state index in [4.69, 9.17) is 15.3 Å². The first-order valence-corrected chi connectivity index (χ1v) is 4.42. The molecule has 0 aromatic carbocycles. The molecule has 0 aromatic heterocycles. The molecule has 0 saturated heterocycles. The highest BCUT2D eigenvalue weighted by Gasteiger charge is 2.30. The predicted octanol–water partition coefficient (Wildman–Crippen LogP) is -1.08. The van der Waals surface area contributed by atoms with E-state index < -0.39 is 35.8 Å². The van der Waals surface area contributed by atoms with Crippen molar-refractivity contribution in [1.29, 1.82) is 0 Å². The summed E-state index contributed by atoms with van der Waals surface area (Å²) in [6, 6.07) is -1.63. The lowest BCUT2D eigenvalue weighted by atomic mass is 10.0. The standard InChI is InChI=1S/C9H11NO7/c1-4(8(14)15)7(9(16)17)10-5(11)2-3-6(12)13/h2-4,7H,1H3,(H,10,11)(H,12,13)(H,14,15)(H,16,17). The zero-order chi connectivity index (χ0) is 13.6. The van der Waals surface area contributed by atoms with E-state index in [0.717, 1.165) is 6.92 Å². The molecule has 94 valence electrons. The summed E-state index contributed by atoms with van der Waals surface area (Å²) in [5.41, 5.74) is 0. The fourth-order valence-corrected chi connectivity index (χ4v) is 0.892. The highest BCUT2D eigenvalue weighted by atomic mass is 16.4. The molecule has 8 heteroatoms. The Bertz CT molecular complexity index is 374. The van der Waals surface area contributed by atoms with Crippen LogP contribution in [0.4, 0.5) is 0 Å². The Kier molecular flexibility index (Phi) is 5.38. The lowest BCUT2D eigenvalue weighted by Crippen LogP contribution is -2.47. The van der Waals surface area contributed by atoms with Crippen molar-refractivity contribution >= 4 is 23.8 Å². The number of rotatable bonds is 6. The molecule has 0 aliphatic carbocycles. The van der Waals surface area contributed by atoms with Crippen LogP contribution in [0.5, 0.6) is 0 Å². The molecule has 0 aliphatic heterocycles. The van der Waals surface area contributed by atoms with Crippen LogP contribution >= 0.6 is 0 Å². The quantitative estimate of drug-likeness (QED) is 0.436. The first kappa shape index (κ1) is 14.6. The predicted molar refractivity (Wildman–Crippen MR) is 53.1 cm³/mol. The maximum absolute atomic E-state index is 11.1. The van der Waals surface area contributed by atoms with Crippen molar-refractivity contribution in [1.82, 2.24) is 5.32 Å². The number of aliphatic carboxylic acids is 3. The Morgan fingerprint density at radius 1 is 1.00 bits per heavy atom. The number of hydrogen-bond acceptors (Lipinski definition) is 4. The van der Waals surface area contributed by atoms with E-state index in [2.05, 4.69) is 0 Å². The summed E-state index contributed by atoms with van der Waals surface area (Å²) in [5.74, 6) is -6.61. The third-order valence-corrected chi connectivity index (χ3v) is 1.83. The van der Waals surface area contributed by atoms with Crippen LogP contribution in [0.2, 0.25) is 0 Å². The monoisotopic (exact) mass is 245 g/mol. The van der Waals surface area contributed by atoms with Crippen molar-refractivity contribution < 1.29 is 34.5 Å². The van der Waals surface area contributed by atoms with Gasteiger partial charge in [-0.05, 0) is 6.92 Å². The molecule has 2 atom stereocenters. The van der Waals surface area contributed by atoms with E-state index >= 15 is 0 Å². The Morgan fingerprint density at radius 3 is 1.88 bits per heavy atom. The molecule has 17 heavy (non-hydrogen) atoms. The molecule has 0 heterocycles. The van der Waals surface area contributed by atoms with Gasteiger partial charge in [-0.25, -0.2) is 9.59 Å².